The van der Waals surface area contributed by atoms with Gasteiger partial charge in [-0.3, -0.25) is 4.79 Å². The first-order valence-corrected chi connectivity index (χ1v) is 7.24. The zero-order valence-electron chi connectivity index (χ0n) is 12.0. The predicted octanol–water partition coefficient (Wildman–Crippen LogP) is 3.08. The number of benzene rings is 1. The molecule has 2 bridgehead atoms. The van der Waals surface area contributed by atoms with Crippen LogP contribution in [0.15, 0.2) is 18.2 Å². The molecule has 1 aromatic carbocycles. The third kappa shape index (κ3) is 2.35. The van der Waals surface area contributed by atoms with Gasteiger partial charge in [-0.25, -0.2) is 0 Å². The summed E-state index contributed by atoms with van der Waals surface area (Å²) < 4.78 is 10.5. The highest BCUT2D eigenvalue weighted by atomic mass is 16.5. The Kier molecular flexibility index (Phi) is 3.55. The van der Waals surface area contributed by atoms with Crippen molar-refractivity contribution in [1.29, 1.82) is 0 Å². The lowest BCUT2D eigenvalue weighted by Crippen LogP contribution is -2.27. The highest BCUT2D eigenvalue weighted by molar-refractivity contribution is 5.94. The number of anilines is 1. The molecule has 0 spiro atoms. The summed E-state index contributed by atoms with van der Waals surface area (Å²) in [7, 11) is 3.21. The first-order chi connectivity index (χ1) is 9.71. The normalized spacial score (nSPS) is 27.4. The molecule has 1 N–H and O–H groups in total. The molecule has 1 aromatic rings. The summed E-state index contributed by atoms with van der Waals surface area (Å²) in [5.74, 6) is 3.04. The molecule has 0 unspecified atom stereocenters. The molecule has 2 aliphatic rings. The van der Waals surface area contributed by atoms with Crippen molar-refractivity contribution >= 4 is 11.6 Å². The summed E-state index contributed by atoms with van der Waals surface area (Å²) in [6.07, 6.45) is 4.80. The molecule has 1 amide bonds. The number of carbonyl (C=O) groups excluding carboxylic acids is 1. The smallest absolute Gasteiger partial charge is 0.227 e. The van der Waals surface area contributed by atoms with Crippen LogP contribution < -0.4 is 14.8 Å². The lowest BCUT2D eigenvalue weighted by atomic mass is 9.88. The maximum atomic E-state index is 12.4. The summed E-state index contributed by atoms with van der Waals surface area (Å²) >= 11 is 0. The largest absolute Gasteiger partial charge is 0.497 e. The molecular weight excluding hydrogens is 254 g/mol. The minimum absolute atomic E-state index is 0.140. The topological polar surface area (TPSA) is 47.6 Å². The molecular formula is C16H21NO3. The zero-order valence-corrected chi connectivity index (χ0v) is 12.0. The lowest BCUT2D eigenvalue weighted by molar-refractivity contribution is -0.121. The molecule has 0 aromatic heterocycles. The van der Waals surface area contributed by atoms with Crippen LogP contribution in [0.1, 0.15) is 25.7 Å². The van der Waals surface area contributed by atoms with Crippen LogP contribution >= 0.6 is 0 Å². The van der Waals surface area contributed by atoms with Crippen LogP contribution in [-0.4, -0.2) is 20.1 Å². The maximum absolute atomic E-state index is 12.4. The standard InChI is InChI=1S/C16H21NO3/c1-19-12-5-6-14(15(9-12)20-2)17-16(18)13-8-10-3-4-11(13)7-10/h5-6,9-11,13H,3-4,7-8H2,1-2H3,(H,17,18)/t10-,11+,13+/m0/s1. The maximum Gasteiger partial charge on any atom is 0.227 e. The van der Waals surface area contributed by atoms with E-state index in [1.54, 1.807) is 20.3 Å². The third-order valence-electron chi connectivity index (χ3n) is 4.74. The van der Waals surface area contributed by atoms with E-state index in [4.69, 9.17) is 9.47 Å². The number of methoxy groups -OCH3 is 2. The van der Waals surface area contributed by atoms with E-state index in [1.165, 1.54) is 19.3 Å². The van der Waals surface area contributed by atoms with Crippen LogP contribution in [0.3, 0.4) is 0 Å². The zero-order chi connectivity index (χ0) is 14.1. The van der Waals surface area contributed by atoms with Crippen molar-refractivity contribution in [3.05, 3.63) is 18.2 Å². The minimum atomic E-state index is 0.140. The first kappa shape index (κ1) is 13.3. The Balaban J connectivity index is 1.72. The molecule has 3 atom stereocenters. The second-order valence-electron chi connectivity index (χ2n) is 5.84. The van der Waals surface area contributed by atoms with Crippen LogP contribution in [0.2, 0.25) is 0 Å². The van der Waals surface area contributed by atoms with Crippen molar-refractivity contribution in [2.24, 2.45) is 17.8 Å². The van der Waals surface area contributed by atoms with Gasteiger partial charge in [0, 0.05) is 12.0 Å². The second kappa shape index (κ2) is 5.35. The Hall–Kier alpha value is -1.71. The Labute approximate surface area is 119 Å². The Morgan fingerprint density at radius 1 is 1.20 bits per heavy atom. The average molecular weight is 275 g/mol. The van der Waals surface area contributed by atoms with Crippen LogP contribution in [0.25, 0.3) is 0 Å². The van der Waals surface area contributed by atoms with Crippen molar-refractivity contribution < 1.29 is 14.3 Å². The number of hydrogen-bond acceptors (Lipinski definition) is 3. The number of ether oxygens (including phenoxy) is 2. The molecule has 2 saturated carbocycles. The first-order valence-electron chi connectivity index (χ1n) is 7.24. The predicted molar refractivity (Wildman–Crippen MR) is 77.1 cm³/mol. The van der Waals surface area contributed by atoms with Gasteiger partial charge in [0.05, 0.1) is 19.9 Å². The Morgan fingerprint density at radius 3 is 2.65 bits per heavy atom. The number of amides is 1. The summed E-state index contributed by atoms with van der Waals surface area (Å²) in [4.78, 5) is 12.4. The van der Waals surface area contributed by atoms with E-state index >= 15 is 0 Å². The van der Waals surface area contributed by atoms with E-state index in [1.807, 2.05) is 12.1 Å². The fraction of sp³-hybridized carbons (Fsp3) is 0.562. The molecule has 0 radical (unpaired) electrons. The Morgan fingerprint density at radius 2 is 2.05 bits per heavy atom. The highest BCUT2D eigenvalue weighted by Crippen LogP contribution is 2.48. The number of nitrogens with one attached hydrogen (secondary N) is 1. The molecule has 2 fully saturated rings. The van der Waals surface area contributed by atoms with E-state index in [2.05, 4.69) is 5.32 Å². The second-order valence-corrected chi connectivity index (χ2v) is 5.84. The van der Waals surface area contributed by atoms with Gasteiger partial charge in [0.2, 0.25) is 5.91 Å². The molecule has 2 aliphatic carbocycles. The van der Waals surface area contributed by atoms with Crippen molar-refractivity contribution in [2.75, 3.05) is 19.5 Å². The van der Waals surface area contributed by atoms with E-state index in [-0.39, 0.29) is 11.8 Å². The Bertz CT molecular complexity index is 514. The van der Waals surface area contributed by atoms with Crippen LogP contribution in [0.5, 0.6) is 11.5 Å². The van der Waals surface area contributed by atoms with Gasteiger partial charge >= 0.3 is 0 Å². The minimum Gasteiger partial charge on any atom is -0.497 e. The SMILES string of the molecule is COc1ccc(NC(=O)[C@@H]2C[C@H]3CC[C@@H]2C3)c(OC)c1. The molecule has 0 heterocycles. The lowest BCUT2D eigenvalue weighted by Gasteiger charge is -2.21. The van der Waals surface area contributed by atoms with Crippen LogP contribution in [0.4, 0.5) is 5.69 Å². The van der Waals surface area contributed by atoms with E-state index in [0.717, 1.165) is 23.8 Å². The van der Waals surface area contributed by atoms with Crippen molar-refractivity contribution in [2.45, 2.75) is 25.7 Å². The fourth-order valence-electron chi connectivity index (χ4n) is 3.69. The molecule has 4 nitrogen and oxygen atoms in total. The van der Waals surface area contributed by atoms with Crippen LogP contribution in [0, 0.1) is 17.8 Å². The number of hydrogen-bond donors (Lipinski definition) is 1. The van der Waals surface area contributed by atoms with Gasteiger partial charge in [0.15, 0.2) is 0 Å². The summed E-state index contributed by atoms with van der Waals surface area (Å²) in [5, 5.41) is 3.02. The monoisotopic (exact) mass is 275 g/mol. The average Bonchev–Trinajstić information content (AvgIpc) is 3.10. The van der Waals surface area contributed by atoms with Gasteiger partial charge in [-0.2, -0.15) is 0 Å². The quantitative estimate of drug-likeness (QED) is 0.918. The van der Waals surface area contributed by atoms with Gasteiger partial charge < -0.3 is 14.8 Å². The van der Waals surface area contributed by atoms with E-state index < -0.39 is 0 Å². The molecule has 108 valence electrons. The van der Waals surface area contributed by atoms with E-state index in [0.29, 0.717) is 11.7 Å². The van der Waals surface area contributed by atoms with Crippen molar-refractivity contribution in [3.63, 3.8) is 0 Å². The number of carbonyl (C=O) groups is 1. The molecule has 4 heteroatoms. The van der Waals surface area contributed by atoms with Gasteiger partial charge in [-0.1, -0.05) is 6.42 Å². The summed E-state index contributed by atoms with van der Waals surface area (Å²) in [5.41, 5.74) is 0.723. The molecule has 0 aliphatic heterocycles. The van der Waals surface area contributed by atoms with Crippen molar-refractivity contribution in [1.82, 2.24) is 0 Å². The highest BCUT2D eigenvalue weighted by Gasteiger charge is 2.43. The van der Waals surface area contributed by atoms with Gasteiger partial charge in [0.25, 0.3) is 0 Å². The number of rotatable bonds is 4. The van der Waals surface area contributed by atoms with E-state index in [9.17, 15) is 4.79 Å². The fourth-order valence-corrected chi connectivity index (χ4v) is 3.69. The van der Waals surface area contributed by atoms with Gasteiger partial charge in [0.1, 0.15) is 11.5 Å². The summed E-state index contributed by atoms with van der Waals surface area (Å²) in [6, 6.07) is 5.46. The van der Waals surface area contributed by atoms with Gasteiger partial charge in [-0.05, 0) is 43.2 Å². The number of fused-ring (bicyclic) bond motifs is 2. The summed E-state index contributed by atoms with van der Waals surface area (Å²) in [6.45, 7) is 0. The molecule has 3 rings (SSSR count). The molecule has 0 saturated heterocycles. The third-order valence-corrected chi connectivity index (χ3v) is 4.74. The van der Waals surface area contributed by atoms with Crippen molar-refractivity contribution in [3.8, 4) is 11.5 Å². The van der Waals surface area contributed by atoms with Gasteiger partial charge in [-0.15, -0.1) is 0 Å². The van der Waals surface area contributed by atoms with Crippen LogP contribution in [-0.2, 0) is 4.79 Å². The molecule has 20 heavy (non-hydrogen) atoms.